The summed E-state index contributed by atoms with van der Waals surface area (Å²) in [6, 6.07) is 12.8. The monoisotopic (exact) mass is 458 g/mol. The second kappa shape index (κ2) is 10.6. The first-order valence-electron chi connectivity index (χ1n) is 9.83. The number of carbonyl (C=O) groups excluding carboxylic acids is 2. The van der Waals surface area contributed by atoms with Crippen molar-refractivity contribution in [1.82, 2.24) is 0 Å². The molecule has 0 aromatic heterocycles. The minimum absolute atomic E-state index is 0.140. The number of amidine groups is 1. The molecule has 31 heavy (non-hydrogen) atoms. The quantitative estimate of drug-likeness (QED) is 0.590. The lowest BCUT2D eigenvalue weighted by atomic mass is 10.1. The van der Waals surface area contributed by atoms with Gasteiger partial charge in [0.1, 0.15) is 19.0 Å². The van der Waals surface area contributed by atoms with E-state index >= 15 is 0 Å². The van der Waals surface area contributed by atoms with E-state index < -0.39 is 12.4 Å². The van der Waals surface area contributed by atoms with Gasteiger partial charge < -0.3 is 9.84 Å². The Labute approximate surface area is 190 Å². The van der Waals surface area contributed by atoms with Crippen molar-refractivity contribution in [2.45, 2.75) is 20.3 Å². The number of Topliss-reactive ketones (excluding diaryl/α,β-unsaturated/α-hetero) is 1. The van der Waals surface area contributed by atoms with Gasteiger partial charge in [-0.25, -0.2) is 0 Å². The molecule has 8 heteroatoms. The van der Waals surface area contributed by atoms with Gasteiger partial charge >= 0.3 is 0 Å². The van der Waals surface area contributed by atoms with Crippen molar-refractivity contribution in [2.24, 2.45) is 4.99 Å². The summed E-state index contributed by atoms with van der Waals surface area (Å²) in [6.45, 7) is 3.80. The van der Waals surface area contributed by atoms with Crippen LogP contribution in [0, 0.1) is 6.92 Å². The maximum atomic E-state index is 13.2. The van der Waals surface area contributed by atoms with E-state index in [2.05, 4.69) is 4.99 Å². The zero-order valence-electron chi connectivity index (χ0n) is 17.3. The molecule has 0 bridgehead atoms. The van der Waals surface area contributed by atoms with Crippen molar-refractivity contribution >= 4 is 52.0 Å². The van der Waals surface area contributed by atoms with Crippen LogP contribution in [-0.4, -0.2) is 41.7 Å². The summed E-state index contributed by atoms with van der Waals surface area (Å²) in [5, 5.41) is 9.75. The number of aliphatic hydroxyl groups is 1. The third-order valence-corrected chi connectivity index (χ3v) is 5.75. The van der Waals surface area contributed by atoms with Gasteiger partial charge in [-0.3, -0.25) is 19.5 Å². The van der Waals surface area contributed by atoms with Crippen LogP contribution >= 0.6 is 23.4 Å². The predicted molar refractivity (Wildman–Crippen MR) is 126 cm³/mol. The number of ether oxygens (including phenoxy) is 1. The standard InChI is InChI=1S/C23H23ClN2O4S/c1-3-10-25-23-26(19-7-5-4-6-15(19)2)22(29)21(31-23)12-16-8-9-20(18(24)11-16)30-14-17(28)13-27/h4-9,11-12,27H,3,10,13-14H2,1-2H3/b21-12?,25-23-. The van der Waals surface area contributed by atoms with Crippen molar-refractivity contribution in [3.05, 3.63) is 63.5 Å². The number of rotatable bonds is 8. The molecule has 0 saturated carbocycles. The number of halogens is 1. The third-order valence-electron chi connectivity index (χ3n) is 4.45. The lowest BCUT2D eigenvalue weighted by Crippen LogP contribution is -2.29. The van der Waals surface area contributed by atoms with Gasteiger partial charge in [0, 0.05) is 6.54 Å². The summed E-state index contributed by atoms with van der Waals surface area (Å²) in [4.78, 5) is 31.3. The summed E-state index contributed by atoms with van der Waals surface area (Å²) < 4.78 is 5.32. The topological polar surface area (TPSA) is 79.2 Å². The fourth-order valence-electron chi connectivity index (χ4n) is 2.89. The Hall–Kier alpha value is -2.61. The van der Waals surface area contributed by atoms with Crippen LogP contribution in [0.2, 0.25) is 5.02 Å². The summed E-state index contributed by atoms with van der Waals surface area (Å²) in [5.41, 5.74) is 2.53. The molecule has 1 saturated heterocycles. The van der Waals surface area contributed by atoms with Crippen LogP contribution in [0.4, 0.5) is 5.69 Å². The molecule has 2 aromatic rings. The number of hydrogen-bond acceptors (Lipinski definition) is 6. The molecule has 0 unspecified atom stereocenters. The lowest BCUT2D eigenvalue weighted by molar-refractivity contribution is -0.123. The fraction of sp³-hybridized carbons (Fsp3) is 0.261. The van der Waals surface area contributed by atoms with Gasteiger partial charge in [-0.15, -0.1) is 0 Å². The van der Waals surface area contributed by atoms with Crippen LogP contribution in [0.15, 0.2) is 52.4 Å². The highest BCUT2D eigenvalue weighted by Gasteiger charge is 2.35. The van der Waals surface area contributed by atoms with E-state index in [1.54, 1.807) is 29.2 Å². The number of aryl methyl sites for hydroxylation is 1. The Balaban J connectivity index is 1.88. The van der Waals surface area contributed by atoms with Crippen LogP contribution in [0.1, 0.15) is 24.5 Å². The van der Waals surface area contributed by atoms with Crippen molar-refractivity contribution in [1.29, 1.82) is 0 Å². The lowest BCUT2D eigenvalue weighted by Gasteiger charge is -2.17. The number of aliphatic hydroxyl groups excluding tert-OH is 1. The molecule has 0 aliphatic carbocycles. The summed E-state index contributed by atoms with van der Waals surface area (Å²) in [6.07, 6.45) is 2.65. The number of benzene rings is 2. The van der Waals surface area contributed by atoms with Crippen molar-refractivity contribution in [2.75, 3.05) is 24.7 Å². The second-order valence-electron chi connectivity index (χ2n) is 6.88. The molecule has 3 rings (SSSR count). The highest BCUT2D eigenvalue weighted by atomic mass is 35.5. The Bertz CT molecular complexity index is 1050. The van der Waals surface area contributed by atoms with E-state index in [9.17, 15) is 9.59 Å². The zero-order valence-corrected chi connectivity index (χ0v) is 18.9. The normalized spacial score (nSPS) is 16.4. The molecule has 1 N–H and O–H groups in total. The van der Waals surface area contributed by atoms with E-state index in [0.717, 1.165) is 23.2 Å². The number of amides is 1. The van der Waals surface area contributed by atoms with Gasteiger partial charge in [0.05, 0.1) is 15.6 Å². The van der Waals surface area contributed by atoms with E-state index in [0.29, 0.717) is 27.4 Å². The maximum Gasteiger partial charge on any atom is 0.271 e. The molecule has 162 valence electrons. The molecular weight excluding hydrogens is 436 g/mol. The van der Waals surface area contributed by atoms with E-state index in [1.165, 1.54) is 11.8 Å². The highest BCUT2D eigenvalue weighted by molar-refractivity contribution is 8.19. The summed E-state index contributed by atoms with van der Waals surface area (Å²) in [5.74, 6) is -0.243. The van der Waals surface area contributed by atoms with Gasteiger partial charge in [0.15, 0.2) is 11.0 Å². The predicted octanol–water partition coefficient (Wildman–Crippen LogP) is 4.48. The maximum absolute atomic E-state index is 13.2. The molecule has 1 heterocycles. The molecule has 1 aliphatic heterocycles. The van der Waals surface area contributed by atoms with Crippen LogP contribution in [-0.2, 0) is 9.59 Å². The van der Waals surface area contributed by atoms with Gasteiger partial charge in [0.25, 0.3) is 5.91 Å². The number of carbonyl (C=O) groups is 2. The van der Waals surface area contributed by atoms with Gasteiger partial charge in [-0.1, -0.05) is 42.8 Å². The molecule has 1 amide bonds. The van der Waals surface area contributed by atoms with Crippen LogP contribution in [0.3, 0.4) is 0 Å². The molecular formula is C23H23ClN2O4S. The average molecular weight is 459 g/mol. The van der Waals surface area contributed by atoms with Crippen molar-refractivity contribution in [3.8, 4) is 5.75 Å². The molecule has 2 aromatic carbocycles. The first kappa shape index (κ1) is 23.1. The highest BCUT2D eigenvalue weighted by Crippen LogP contribution is 2.38. The van der Waals surface area contributed by atoms with E-state index in [-0.39, 0.29) is 12.5 Å². The Kier molecular flexibility index (Phi) is 7.90. The van der Waals surface area contributed by atoms with Gasteiger partial charge in [0.2, 0.25) is 0 Å². The Morgan fingerprint density at radius 1 is 1.29 bits per heavy atom. The first-order valence-corrected chi connectivity index (χ1v) is 11.0. The number of aliphatic imine (C=N–C) groups is 1. The van der Waals surface area contributed by atoms with Crippen LogP contribution in [0.5, 0.6) is 5.75 Å². The number of anilines is 1. The Morgan fingerprint density at radius 2 is 2.06 bits per heavy atom. The van der Waals surface area contributed by atoms with Crippen molar-refractivity contribution in [3.63, 3.8) is 0 Å². The molecule has 0 radical (unpaired) electrons. The number of thioether (sulfide) groups is 1. The van der Waals surface area contributed by atoms with Gasteiger partial charge in [-0.05, 0) is 60.5 Å². The largest absolute Gasteiger partial charge is 0.484 e. The smallest absolute Gasteiger partial charge is 0.271 e. The van der Waals surface area contributed by atoms with E-state index in [1.807, 2.05) is 38.1 Å². The number of para-hydroxylation sites is 1. The molecule has 1 fully saturated rings. The fourth-order valence-corrected chi connectivity index (χ4v) is 4.13. The summed E-state index contributed by atoms with van der Waals surface area (Å²) in [7, 11) is 0. The third kappa shape index (κ3) is 5.55. The minimum atomic E-state index is -0.583. The minimum Gasteiger partial charge on any atom is -0.484 e. The number of hydrogen-bond donors (Lipinski definition) is 1. The van der Waals surface area contributed by atoms with Crippen LogP contribution < -0.4 is 9.64 Å². The zero-order chi connectivity index (χ0) is 22.4. The number of ketones is 1. The van der Waals surface area contributed by atoms with Crippen LogP contribution in [0.25, 0.3) is 6.08 Å². The van der Waals surface area contributed by atoms with Crippen molar-refractivity contribution < 1.29 is 19.4 Å². The summed E-state index contributed by atoms with van der Waals surface area (Å²) >= 11 is 7.60. The second-order valence-corrected chi connectivity index (χ2v) is 8.29. The average Bonchev–Trinajstić information content (AvgIpc) is 3.06. The van der Waals surface area contributed by atoms with Gasteiger partial charge in [-0.2, -0.15) is 0 Å². The molecule has 0 atom stereocenters. The molecule has 6 nitrogen and oxygen atoms in total. The molecule has 1 aliphatic rings. The van der Waals surface area contributed by atoms with E-state index in [4.69, 9.17) is 21.4 Å². The number of nitrogens with zero attached hydrogens (tertiary/aromatic N) is 2. The SMILES string of the molecule is CCC/N=C1\SC(=Cc2ccc(OCC(=O)CO)c(Cl)c2)C(=O)N1c1ccccc1C. The molecule has 0 spiro atoms. The first-order chi connectivity index (χ1) is 14.9. The Morgan fingerprint density at radius 3 is 2.74 bits per heavy atom.